The molecule has 0 bridgehead atoms. The van der Waals surface area contributed by atoms with E-state index in [9.17, 15) is 0 Å². The SMILES string of the molecule is Clc1ccc(Oc2ccccc2Sc2ccc(Cl)cn2)nc1. The quantitative estimate of drug-likeness (QED) is 0.603. The van der Waals surface area contributed by atoms with Crippen molar-refractivity contribution in [3.05, 3.63) is 71.0 Å². The number of aromatic nitrogens is 2. The summed E-state index contributed by atoms with van der Waals surface area (Å²) in [6.45, 7) is 0. The van der Waals surface area contributed by atoms with Crippen LogP contribution in [0.4, 0.5) is 0 Å². The van der Waals surface area contributed by atoms with Crippen molar-refractivity contribution < 1.29 is 4.74 Å². The molecule has 110 valence electrons. The number of hydrogen-bond acceptors (Lipinski definition) is 4. The second kappa shape index (κ2) is 7.01. The molecule has 0 aliphatic rings. The van der Waals surface area contributed by atoms with Crippen molar-refractivity contribution >= 4 is 35.0 Å². The van der Waals surface area contributed by atoms with E-state index in [-0.39, 0.29) is 0 Å². The molecule has 22 heavy (non-hydrogen) atoms. The molecule has 0 aliphatic heterocycles. The zero-order valence-electron chi connectivity index (χ0n) is 11.2. The van der Waals surface area contributed by atoms with Crippen molar-refractivity contribution in [2.24, 2.45) is 0 Å². The van der Waals surface area contributed by atoms with E-state index in [2.05, 4.69) is 9.97 Å². The maximum Gasteiger partial charge on any atom is 0.219 e. The molecular weight excluding hydrogens is 339 g/mol. The highest BCUT2D eigenvalue weighted by Crippen LogP contribution is 2.36. The maximum absolute atomic E-state index is 5.85. The Bertz CT molecular complexity index is 697. The summed E-state index contributed by atoms with van der Waals surface area (Å²) in [5.74, 6) is 1.19. The molecule has 3 nitrogen and oxygen atoms in total. The maximum atomic E-state index is 5.85. The normalized spacial score (nSPS) is 10.5. The van der Waals surface area contributed by atoms with Gasteiger partial charge in [-0.1, -0.05) is 47.1 Å². The number of hydrogen-bond donors (Lipinski definition) is 0. The van der Waals surface area contributed by atoms with Gasteiger partial charge in [0.25, 0.3) is 0 Å². The van der Waals surface area contributed by atoms with Gasteiger partial charge in [0.15, 0.2) is 0 Å². The standard InChI is InChI=1S/C16H10Cl2N2OS/c17-11-5-7-15(19-9-11)21-13-3-1-2-4-14(13)22-16-8-6-12(18)10-20-16/h1-10H. The Hall–Kier alpha value is -1.75. The molecule has 0 amide bonds. The average Bonchev–Trinajstić information content (AvgIpc) is 2.54. The predicted octanol–water partition coefficient (Wildman–Crippen LogP) is 5.73. The topological polar surface area (TPSA) is 35.0 Å². The van der Waals surface area contributed by atoms with Crippen LogP contribution in [0.1, 0.15) is 0 Å². The van der Waals surface area contributed by atoms with Gasteiger partial charge < -0.3 is 4.74 Å². The van der Waals surface area contributed by atoms with Crippen LogP contribution in [0, 0.1) is 0 Å². The van der Waals surface area contributed by atoms with Gasteiger partial charge in [0.2, 0.25) is 5.88 Å². The molecule has 0 fully saturated rings. The molecule has 2 heterocycles. The first-order chi connectivity index (χ1) is 10.7. The summed E-state index contributed by atoms with van der Waals surface area (Å²) >= 11 is 13.2. The Balaban J connectivity index is 1.83. The van der Waals surface area contributed by atoms with Gasteiger partial charge in [-0.3, -0.25) is 0 Å². The van der Waals surface area contributed by atoms with Gasteiger partial charge in [-0.15, -0.1) is 0 Å². The summed E-state index contributed by atoms with van der Waals surface area (Å²) in [6.07, 6.45) is 3.17. The minimum Gasteiger partial charge on any atom is -0.438 e. The van der Waals surface area contributed by atoms with E-state index in [1.807, 2.05) is 30.3 Å². The van der Waals surface area contributed by atoms with E-state index < -0.39 is 0 Å². The Kier molecular flexibility index (Phi) is 4.83. The summed E-state index contributed by atoms with van der Waals surface area (Å²) in [4.78, 5) is 9.35. The number of ether oxygens (including phenoxy) is 1. The molecule has 0 radical (unpaired) electrons. The highest BCUT2D eigenvalue weighted by molar-refractivity contribution is 7.99. The molecule has 3 rings (SSSR count). The Morgan fingerprint density at radius 1 is 0.818 bits per heavy atom. The number of para-hydroxylation sites is 1. The van der Waals surface area contributed by atoms with Crippen molar-refractivity contribution in [3.63, 3.8) is 0 Å². The first-order valence-electron chi connectivity index (χ1n) is 6.38. The summed E-state index contributed by atoms with van der Waals surface area (Å²) in [5, 5.41) is 2.02. The second-order valence-corrected chi connectivity index (χ2v) is 6.22. The fourth-order valence-electron chi connectivity index (χ4n) is 1.69. The monoisotopic (exact) mass is 348 g/mol. The molecule has 0 saturated carbocycles. The van der Waals surface area contributed by atoms with Crippen LogP contribution < -0.4 is 4.74 Å². The third kappa shape index (κ3) is 3.91. The van der Waals surface area contributed by atoms with Gasteiger partial charge >= 0.3 is 0 Å². The molecule has 0 unspecified atom stereocenters. The zero-order chi connectivity index (χ0) is 15.4. The minimum atomic E-state index is 0.488. The lowest BCUT2D eigenvalue weighted by Crippen LogP contribution is -1.89. The molecule has 1 aromatic carbocycles. The molecule has 0 N–H and O–H groups in total. The molecule has 3 aromatic rings. The Morgan fingerprint density at radius 2 is 1.55 bits per heavy atom. The van der Waals surface area contributed by atoms with Gasteiger partial charge in [0, 0.05) is 18.5 Å². The third-order valence-electron chi connectivity index (χ3n) is 2.68. The number of benzene rings is 1. The summed E-state index contributed by atoms with van der Waals surface area (Å²) < 4.78 is 5.82. The van der Waals surface area contributed by atoms with Gasteiger partial charge in [-0.05, 0) is 30.3 Å². The summed E-state index contributed by atoms with van der Waals surface area (Å²) in [7, 11) is 0. The summed E-state index contributed by atoms with van der Waals surface area (Å²) in [6, 6.07) is 14.8. The first-order valence-corrected chi connectivity index (χ1v) is 7.96. The van der Waals surface area contributed by atoms with Gasteiger partial charge in [0.05, 0.1) is 14.9 Å². The number of nitrogens with zero attached hydrogens (tertiary/aromatic N) is 2. The number of pyridine rings is 2. The van der Waals surface area contributed by atoms with Crippen LogP contribution in [0.3, 0.4) is 0 Å². The lowest BCUT2D eigenvalue weighted by Gasteiger charge is -2.09. The molecule has 2 aromatic heterocycles. The molecular formula is C16H10Cl2N2OS. The van der Waals surface area contributed by atoms with Crippen LogP contribution in [0.5, 0.6) is 11.6 Å². The van der Waals surface area contributed by atoms with Crippen molar-refractivity contribution in [2.75, 3.05) is 0 Å². The first kappa shape index (κ1) is 15.2. The zero-order valence-corrected chi connectivity index (χ0v) is 13.6. The van der Waals surface area contributed by atoms with Gasteiger partial charge in [-0.2, -0.15) is 0 Å². The van der Waals surface area contributed by atoms with Crippen molar-refractivity contribution in [1.82, 2.24) is 9.97 Å². The fourth-order valence-corrected chi connectivity index (χ4v) is 2.74. The summed E-state index contributed by atoms with van der Waals surface area (Å²) in [5.41, 5.74) is 0. The fraction of sp³-hybridized carbons (Fsp3) is 0. The van der Waals surface area contributed by atoms with Crippen LogP contribution in [-0.4, -0.2) is 9.97 Å². The second-order valence-electron chi connectivity index (χ2n) is 4.28. The average molecular weight is 349 g/mol. The largest absolute Gasteiger partial charge is 0.438 e. The van der Waals surface area contributed by atoms with E-state index in [1.165, 1.54) is 11.8 Å². The van der Waals surface area contributed by atoms with E-state index in [4.69, 9.17) is 27.9 Å². The Labute approximate surface area is 142 Å². The molecule has 0 spiro atoms. The highest BCUT2D eigenvalue weighted by atomic mass is 35.5. The van der Waals surface area contributed by atoms with E-state index >= 15 is 0 Å². The molecule has 0 atom stereocenters. The predicted molar refractivity (Wildman–Crippen MR) is 89.1 cm³/mol. The minimum absolute atomic E-state index is 0.488. The van der Waals surface area contributed by atoms with Crippen LogP contribution in [0.25, 0.3) is 0 Å². The molecule has 6 heteroatoms. The smallest absolute Gasteiger partial charge is 0.219 e. The molecule has 0 aliphatic carbocycles. The van der Waals surface area contributed by atoms with E-state index in [0.29, 0.717) is 21.7 Å². The van der Waals surface area contributed by atoms with Crippen LogP contribution in [-0.2, 0) is 0 Å². The van der Waals surface area contributed by atoms with Crippen molar-refractivity contribution in [2.45, 2.75) is 9.92 Å². The number of halogens is 2. The molecule has 0 saturated heterocycles. The lowest BCUT2D eigenvalue weighted by molar-refractivity contribution is 0.452. The lowest BCUT2D eigenvalue weighted by atomic mass is 10.3. The highest BCUT2D eigenvalue weighted by Gasteiger charge is 2.08. The van der Waals surface area contributed by atoms with E-state index in [0.717, 1.165) is 9.92 Å². The van der Waals surface area contributed by atoms with Gasteiger partial charge in [0.1, 0.15) is 10.8 Å². The van der Waals surface area contributed by atoms with Crippen LogP contribution in [0.15, 0.2) is 70.8 Å². The van der Waals surface area contributed by atoms with Crippen molar-refractivity contribution in [1.29, 1.82) is 0 Å². The van der Waals surface area contributed by atoms with Crippen molar-refractivity contribution in [3.8, 4) is 11.6 Å². The van der Waals surface area contributed by atoms with Crippen LogP contribution in [0.2, 0.25) is 10.0 Å². The third-order valence-corrected chi connectivity index (χ3v) is 4.13. The number of rotatable bonds is 4. The van der Waals surface area contributed by atoms with E-state index in [1.54, 1.807) is 30.6 Å². The Morgan fingerprint density at radius 3 is 2.23 bits per heavy atom. The van der Waals surface area contributed by atoms with Gasteiger partial charge in [-0.25, -0.2) is 9.97 Å². The van der Waals surface area contributed by atoms with Crippen LogP contribution >= 0.6 is 35.0 Å².